The normalized spacial score (nSPS) is 20.7. The molecule has 3 rings (SSSR count). The summed E-state index contributed by atoms with van der Waals surface area (Å²) in [4.78, 5) is 16.7. The van der Waals surface area contributed by atoms with Crippen LogP contribution in [0.5, 0.6) is 0 Å². The van der Waals surface area contributed by atoms with Crippen molar-refractivity contribution in [3.63, 3.8) is 0 Å². The molecule has 0 unspecified atom stereocenters. The molecule has 0 spiro atoms. The summed E-state index contributed by atoms with van der Waals surface area (Å²) in [6.45, 7) is 2.03. The van der Waals surface area contributed by atoms with Crippen molar-refractivity contribution in [1.82, 2.24) is 4.98 Å². The van der Waals surface area contributed by atoms with Crippen LogP contribution in [0, 0.1) is 34.5 Å². The van der Waals surface area contributed by atoms with Gasteiger partial charge in [0, 0.05) is 16.9 Å². The summed E-state index contributed by atoms with van der Waals surface area (Å²) in [5, 5.41) is 20.5. The van der Waals surface area contributed by atoms with Crippen LogP contribution >= 0.6 is 11.3 Å². The molecule has 1 saturated carbocycles. The van der Waals surface area contributed by atoms with E-state index in [0.717, 1.165) is 17.7 Å². The van der Waals surface area contributed by atoms with Gasteiger partial charge >= 0.3 is 0 Å². The Morgan fingerprint density at radius 1 is 1.36 bits per heavy atom. The lowest BCUT2D eigenvalue weighted by Crippen LogP contribution is -2.13. The number of Topliss-reactive ketones (excluding diaryl/α,β-unsaturated/α-hetero) is 1. The Bertz CT molecular complexity index is 795. The highest BCUT2D eigenvalue weighted by atomic mass is 32.1. The molecular formula is C17H13N3OS. The number of hydrogen-bond donors (Lipinski definition) is 0. The van der Waals surface area contributed by atoms with Gasteiger partial charge in [-0.15, -0.1) is 11.3 Å². The predicted octanol–water partition coefficient (Wildman–Crippen LogP) is 3.51. The molecular weight excluding hydrogens is 294 g/mol. The first-order valence-corrected chi connectivity index (χ1v) is 7.91. The average molecular weight is 307 g/mol. The van der Waals surface area contributed by atoms with Gasteiger partial charge in [0.05, 0.1) is 23.4 Å². The number of aromatic nitrogens is 1. The Labute approximate surface area is 132 Å². The number of nitrogens with zero attached hydrogens (tertiary/aromatic N) is 3. The minimum Gasteiger partial charge on any atom is -0.297 e. The summed E-state index contributed by atoms with van der Waals surface area (Å²) in [7, 11) is 0. The van der Waals surface area contributed by atoms with Crippen LogP contribution in [0.1, 0.15) is 29.8 Å². The van der Waals surface area contributed by atoms with Crippen LogP contribution in [0.25, 0.3) is 11.3 Å². The van der Waals surface area contributed by atoms with Crippen molar-refractivity contribution in [2.75, 3.05) is 0 Å². The fraction of sp³-hybridized carbons (Fsp3) is 0.294. The Morgan fingerprint density at radius 3 is 2.59 bits per heavy atom. The predicted molar refractivity (Wildman–Crippen MR) is 82.9 cm³/mol. The van der Waals surface area contributed by atoms with E-state index in [1.807, 2.05) is 24.4 Å². The van der Waals surface area contributed by atoms with Crippen molar-refractivity contribution in [2.45, 2.75) is 19.3 Å². The lowest BCUT2D eigenvalue weighted by atomic mass is 10.0. The fourth-order valence-electron chi connectivity index (χ4n) is 2.44. The number of ketones is 1. The molecule has 0 bridgehead atoms. The van der Waals surface area contributed by atoms with Gasteiger partial charge in [-0.1, -0.05) is 19.1 Å². The molecule has 22 heavy (non-hydrogen) atoms. The Hall–Kier alpha value is -2.50. The van der Waals surface area contributed by atoms with Crippen molar-refractivity contribution in [3.05, 3.63) is 40.2 Å². The molecule has 1 heterocycles. The highest BCUT2D eigenvalue weighted by Gasteiger charge is 2.43. The molecule has 1 aliphatic carbocycles. The van der Waals surface area contributed by atoms with Gasteiger partial charge in [-0.05, 0) is 24.5 Å². The monoisotopic (exact) mass is 307 g/mol. The lowest BCUT2D eigenvalue weighted by Gasteiger charge is -2.03. The number of hydrogen-bond acceptors (Lipinski definition) is 5. The van der Waals surface area contributed by atoms with Crippen molar-refractivity contribution >= 4 is 17.1 Å². The third kappa shape index (κ3) is 2.64. The van der Waals surface area contributed by atoms with Crippen LogP contribution in [-0.2, 0) is 4.79 Å². The molecule has 0 N–H and O–H groups in total. The van der Waals surface area contributed by atoms with Gasteiger partial charge in [-0.3, -0.25) is 4.79 Å². The highest BCUT2D eigenvalue weighted by Crippen LogP contribution is 2.42. The maximum atomic E-state index is 12.3. The van der Waals surface area contributed by atoms with Gasteiger partial charge in [0.15, 0.2) is 11.7 Å². The Morgan fingerprint density at radius 2 is 2.05 bits per heavy atom. The summed E-state index contributed by atoms with van der Waals surface area (Å²) in [6, 6.07) is 11.3. The van der Waals surface area contributed by atoms with E-state index in [1.54, 1.807) is 12.1 Å². The van der Waals surface area contributed by atoms with E-state index in [1.165, 1.54) is 11.3 Å². The second-order valence-corrected chi connectivity index (χ2v) is 6.43. The molecule has 1 aromatic carbocycles. The summed E-state index contributed by atoms with van der Waals surface area (Å²) < 4.78 is 0. The van der Waals surface area contributed by atoms with Gasteiger partial charge in [-0.2, -0.15) is 10.5 Å². The molecule has 0 aliphatic heterocycles. The molecule has 2 aromatic rings. The van der Waals surface area contributed by atoms with Gasteiger partial charge in [-0.25, -0.2) is 4.98 Å². The van der Waals surface area contributed by atoms with Gasteiger partial charge in [0.1, 0.15) is 5.01 Å². The average Bonchev–Trinajstić information content (AvgIpc) is 3.08. The minimum atomic E-state index is -0.757. The van der Waals surface area contributed by atoms with Crippen LogP contribution in [0.3, 0.4) is 0 Å². The molecule has 0 radical (unpaired) electrons. The van der Waals surface area contributed by atoms with Crippen LogP contribution in [0.2, 0.25) is 0 Å². The standard InChI is InChI=1S/C17H13N3OS/c1-10-6-13(10)16(21)14(8-19)17-20-15(9-22-17)12-4-2-11(7-18)3-5-12/h2-5,9-10,13-14H,6H2,1H3/t10-,13+,14-/m1/s1. The first-order valence-electron chi connectivity index (χ1n) is 7.03. The third-order valence-electron chi connectivity index (χ3n) is 3.97. The summed E-state index contributed by atoms with van der Waals surface area (Å²) in [5.74, 6) is -0.351. The first-order chi connectivity index (χ1) is 10.6. The van der Waals surface area contributed by atoms with Gasteiger partial charge < -0.3 is 0 Å². The lowest BCUT2D eigenvalue weighted by molar-refractivity contribution is -0.120. The zero-order valence-corrected chi connectivity index (χ0v) is 12.8. The number of rotatable bonds is 4. The Kier molecular flexibility index (Phi) is 3.75. The summed E-state index contributed by atoms with van der Waals surface area (Å²) in [5.41, 5.74) is 2.21. The van der Waals surface area contributed by atoms with Crippen molar-refractivity contribution in [3.8, 4) is 23.4 Å². The molecule has 0 amide bonds. The summed E-state index contributed by atoms with van der Waals surface area (Å²) >= 11 is 1.34. The number of thiazole rings is 1. The largest absolute Gasteiger partial charge is 0.297 e. The van der Waals surface area contributed by atoms with E-state index in [9.17, 15) is 10.1 Å². The minimum absolute atomic E-state index is 0.00396. The smallest absolute Gasteiger partial charge is 0.160 e. The third-order valence-corrected chi connectivity index (χ3v) is 4.88. The fourth-order valence-corrected chi connectivity index (χ4v) is 3.32. The van der Waals surface area contributed by atoms with Crippen molar-refractivity contribution in [1.29, 1.82) is 10.5 Å². The molecule has 1 fully saturated rings. The van der Waals surface area contributed by atoms with Crippen LogP contribution in [0.4, 0.5) is 0 Å². The number of carbonyl (C=O) groups excluding carboxylic acids is 1. The van der Waals surface area contributed by atoms with E-state index < -0.39 is 5.92 Å². The second-order valence-electron chi connectivity index (χ2n) is 5.54. The molecule has 3 atom stereocenters. The van der Waals surface area contributed by atoms with E-state index in [0.29, 0.717) is 16.5 Å². The van der Waals surface area contributed by atoms with Crippen LogP contribution in [-0.4, -0.2) is 10.8 Å². The number of carbonyl (C=O) groups is 1. The molecule has 108 valence electrons. The zero-order chi connectivity index (χ0) is 15.7. The highest BCUT2D eigenvalue weighted by molar-refractivity contribution is 7.10. The van der Waals surface area contributed by atoms with Crippen molar-refractivity contribution < 1.29 is 4.79 Å². The topological polar surface area (TPSA) is 77.5 Å². The maximum Gasteiger partial charge on any atom is 0.160 e. The van der Waals surface area contributed by atoms with Crippen LogP contribution in [0.15, 0.2) is 29.6 Å². The first kappa shape index (κ1) is 14.4. The van der Waals surface area contributed by atoms with E-state index in [4.69, 9.17) is 5.26 Å². The summed E-state index contributed by atoms with van der Waals surface area (Å²) in [6.07, 6.45) is 0.880. The van der Waals surface area contributed by atoms with E-state index in [2.05, 4.69) is 17.1 Å². The molecule has 5 heteroatoms. The molecule has 0 saturated heterocycles. The van der Waals surface area contributed by atoms with E-state index >= 15 is 0 Å². The zero-order valence-electron chi connectivity index (χ0n) is 12.0. The number of benzene rings is 1. The maximum absolute atomic E-state index is 12.3. The molecule has 1 aliphatic rings. The van der Waals surface area contributed by atoms with Crippen molar-refractivity contribution in [2.24, 2.45) is 11.8 Å². The number of nitriles is 2. The van der Waals surface area contributed by atoms with Crippen LogP contribution < -0.4 is 0 Å². The van der Waals surface area contributed by atoms with Gasteiger partial charge in [0.25, 0.3) is 0 Å². The molecule has 4 nitrogen and oxygen atoms in total. The molecule has 1 aromatic heterocycles. The quantitative estimate of drug-likeness (QED) is 0.866. The van der Waals surface area contributed by atoms with E-state index in [-0.39, 0.29) is 11.7 Å². The SMILES string of the molecule is C[C@@H]1C[C@@H]1C(=O)[C@@H](C#N)c1nc(-c2ccc(C#N)cc2)cs1. The van der Waals surface area contributed by atoms with Gasteiger partial charge in [0.2, 0.25) is 0 Å². The Balaban J connectivity index is 1.84. The second kappa shape index (κ2) is 5.71.